The summed E-state index contributed by atoms with van der Waals surface area (Å²) in [4.78, 5) is 0.775. The smallest absolute Gasteiger partial charge is 0.213 e. The molecule has 0 saturated carbocycles. The highest BCUT2D eigenvalue weighted by atomic mass is 32.2. The van der Waals surface area contributed by atoms with Crippen LogP contribution in [0.15, 0.2) is 28.3 Å². The van der Waals surface area contributed by atoms with Crippen molar-refractivity contribution in [2.75, 3.05) is 5.73 Å². The number of tetrazole rings is 1. The van der Waals surface area contributed by atoms with Crippen LogP contribution in [0.4, 0.5) is 5.69 Å². The van der Waals surface area contributed by atoms with Gasteiger partial charge in [0.05, 0.1) is 11.6 Å². The lowest BCUT2D eigenvalue weighted by Crippen LogP contribution is -1.94. The molecule has 0 saturated heterocycles. The molecule has 7 heteroatoms. The van der Waals surface area contributed by atoms with E-state index in [4.69, 9.17) is 11.0 Å². The number of nitrogens with two attached hydrogens (primary N) is 1. The summed E-state index contributed by atoms with van der Waals surface area (Å²) >= 11 is 1.33. The quantitative estimate of drug-likeness (QED) is 0.770. The minimum atomic E-state index is 0.562. The zero-order valence-electron chi connectivity index (χ0n) is 8.45. The van der Waals surface area contributed by atoms with E-state index in [1.165, 1.54) is 11.8 Å². The molecule has 16 heavy (non-hydrogen) atoms. The fraction of sp³-hybridized carbons (Fsp3) is 0.111. The molecule has 6 nitrogen and oxygen atoms in total. The van der Waals surface area contributed by atoms with Gasteiger partial charge in [-0.2, -0.15) is 5.26 Å². The van der Waals surface area contributed by atoms with Crippen LogP contribution in [0, 0.1) is 11.3 Å². The highest BCUT2D eigenvalue weighted by Crippen LogP contribution is 2.30. The van der Waals surface area contributed by atoms with E-state index in [1.54, 1.807) is 29.9 Å². The molecule has 0 fully saturated rings. The van der Waals surface area contributed by atoms with E-state index < -0.39 is 0 Å². The molecular weight excluding hydrogens is 224 g/mol. The van der Waals surface area contributed by atoms with Gasteiger partial charge in [0.1, 0.15) is 0 Å². The monoisotopic (exact) mass is 232 g/mol. The Morgan fingerprint density at radius 2 is 2.31 bits per heavy atom. The van der Waals surface area contributed by atoms with Crippen molar-refractivity contribution < 1.29 is 0 Å². The van der Waals surface area contributed by atoms with Gasteiger partial charge in [-0.1, -0.05) is 0 Å². The van der Waals surface area contributed by atoms with Gasteiger partial charge in [-0.15, -0.1) is 5.10 Å². The molecule has 0 atom stereocenters. The maximum Gasteiger partial charge on any atom is 0.213 e. The predicted octanol–water partition coefficient (Wildman–Crippen LogP) is 0.815. The van der Waals surface area contributed by atoms with Crippen LogP contribution >= 0.6 is 11.8 Å². The SMILES string of the molecule is Cn1nnnc1Sc1cc(C#N)ccc1N. The molecule has 80 valence electrons. The molecule has 0 aliphatic carbocycles. The summed E-state index contributed by atoms with van der Waals surface area (Å²) in [5.41, 5.74) is 6.97. The minimum Gasteiger partial charge on any atom is -0.398 e. The van der Waals surface area contributed by atoms with Gasteiger partial charge < -0.3 is 5.73 Å². The number of anilines is 1. The first kappa shape index (κ1) is 10.4. The van der Waals surface area contributed by atoms with Crippen molar-refractivity contribution in [3.63, 3.8) is 0 Å². The first-order chi connectivity index (χ1) is 7.70. The summed E-state index contributed by atoms with van der Waals surface area (Å²) in [7, 11) is 1.74. The summed E-state index contributed by atoms with van der Waals surface area (Å²) in [6.45, 7) is 0. The lowest BCUT2D eigenvalue weighted by Gasteiger charge is -2.03. The van der Waals surface area contributed by atoms with Crippen molar-refractivity contribution in [1.82, 2.24) is 20.2 Å². The first-order valence-corrected chi connectivity index (χ1v) is 5.22. The van der Waals surface area contributed by atoms with E-state index in [9.17, 15) is 0 Å². The Balaban J connectivity index is 2.35. The fourth-order valence-electron chi connectivity index (χ4n) is 1.10. The molecule has 1 aromatic carbocycles. The lowest BCUT2D eigenvalue weighted by molar-refractivity contribution is 0.664. The topological polar surface area (TPSA) is 93.4 Å². The van der Waals surface area contributed by atoms with Crippen molar-refractivity contribution in [3.05, 3.63) is 23.8 Å². The van der Waals surface area contributed by atoms with Gasteiger partial charge in [0.25, 0.3) is 0 Å². The average molecular weight is 232 g/mol. The largest absolute Gasteiger partial charge is 0.398 e. The number of nitrogens with zero attached hydrogens (tertiary/aromatic N) is 5. The molecule has 2 N–H and O–H groups in total. The summed E-state index contributed by atoms with van der Waals surface area (Å²) in [6.07, 6.45) is 0. The lowest BCUT2D eigenvalue weighted by atomic mass is 10.2. The summed E-state index contributed by atoms with van der Waals surface area (Å²) in [6, 6.07) is 7.15. The molecule has 0 radical (unpaired) electrons. The Hall–Kier alpha value is -2.07. The van der Waals surface area contributed by atoms with Crippen LogP contribution in [0.3, 0.4) is 0 Å². The molecule has 0 unspecified atom stereocenters. The molecule has 0 aliphatic heterocycles. The summed E-state index contributed by atoms with van der Waals surface area (Å²) in [5.74, 6) is 0. The van der Waals surface area contributed by atoms with E-state index in [0.29, 0.717) is 16.4 Å². The third kappa shape index (κ3) is 1.97. The molecule has 2 rings (SSSR count). The fourth-order valence-corrected chi connectivity index (χ4v) is 1.91. The number of benzene rings is 1. The third-order valence-electron chi connectivity index (χ3n) is 1.93. The highest BCUT2D eigenvalue weighted by molar-refractivity contribution is 7.99. The van der Waals surface area contributed by atoms with Crippen molar-refractivity contribution in [3.8, 4) is 6.07 Å². The van der Waals surface area contributed by atoms with Gasteiger partial charge in [-0.05, 0) is 40.4 Å². The molecule has 0 aliphatic rings. The first-order valence-electron chi connectivity index (χ1n) is 4.40. The Labute approximate surface area is 96.1 Å². The van der Waals surface area contributed by atoms with E-state index in [0.717, 1.165) is 4.90 Å². The van der Waals surface area contributed by atoms with Crippen molar-refractivity contribution in [1.29, 1.82) is 5.26 Å². The number of hydrogen-bond donors (Lipinski definition) is 1. The Morgan fingerprint density at radius 3 is 2.94 bits per heavy atom. The van der Waals surface area contributed by atoms with Crippen LogP contribution in [0.5, 0.6) is 0 Å². The maximum absolute atomic E-state index is 8.79. The molecule has 2 aromatic rings. The molecule has 1 heterocycles. The van der Waals surface area contributed by atoms with E-state index >= 15 is 0 Å². The second-order valence-corrected chi connectivity index (χ2v) is 4.06. The van der Waals surface area contributed by atoms with Crippen LogP contribution in [0.1, 0.15) is 5.56 Å². The standard InChI is InChI=1S/C9H8N6S/c1-15-9(12-13-14-15)16-8-4-6(5-10)2-3-7(8)11/h2-4H,11H2,1H3. The Bertz CT molecular complexity index is 555. The molecular formula is C9H8N6S. The molecule has 1 aromatic heterocycles. The summed E-state index contributed by atoms with van der Waals surface area (Å²) in [5, 5.41) is 20.5. The number of nitrogen functional groups attached to an aromatic ring is 1. The number of aromatic nitrogens is 4. The van der Waals surface area contributed by atoms with Gasteiger partial charge >= 0.3 is 0 Å². The van der Waals surface area contributed by atoms with Crippen LogP contribution in [0.25, 0.3) is 0 Å². The second-order valence-electron chi connectivity index (χ2n) is 3.05. The second kappa shape index (κ2) is 4.20. The van der Waals surface area contributed by atoms with E-state index in [2.05, 4.69) is 21.6 Å². The van der Waals surface area contributed by atoms with Crippen LogP contribution in [0.2, 0.25) is 0 Å². The zero-order valence-corrected chi connectivity index (χ0v) is 9.27. The number of aryl methyl sites for hydroxylation is 1. The van der Waals surface area contributed by atoms with Crippen LogP contribution < -0.4 is 5.73 Å². The highest BCUT2D eigenvalue weighted by Gasteiger charge is 2.08. The normalized spacial score (nSPS) is 10.0. The summed E-state index contributed by atoms with van der Waals surface area (Å²) < 4.78 is 1.54. The number of hydrogen-bond acceptors (Lipinski definition) is 6. The molecule has 0 spiro atoms. The minimum absolute atomic E-state index is 0.562. The number of rotatable bonds is 2. The van der Waals surface area contributed by atoms with Crippen molar-refractivity contribution in [2.24, 2.45) is 7.05 Å². The number of nitriles is 1. The Kier molecular flexibility index (Phi) is 2.74. The van der Waals surface area contributed by atoms with Crippen molar-refractivity contribution in [2.45, 2.75) is 10.1 Å². The van der Waals surface area contributed by atoms with Gasteiger partial charge in [0.2, 0.25) is 5.16 Å². The van der Waals surface area contributed by atoms with Gasteiger partial charge in [-0.25, -0.2) is 4.68 Å². The van der Waals surface area contributed by atoms with Gasteiger partial charge in [0, 0.05) is 17.6 Å². The predicted molar refractivity (Wildman–Crippen MR) is 58.5 cm³/mol. The third-order valence-corrected chi connectivity index (χ3v) is 3.03. The average Bonchev–Trinajstić information content (AvgIpc) is 2.68. The maximum atomic E-state index is 8.79. The van der Waals surface area contributed by atoms with Crippen LogP contribution in [-0.4, -0.2) is 20.2 Å². The van der Waals surface area contributed by atoms with Crippen LogP contribution in [-0.2, 0) is 7.05 Å². The van der Waals surface area contributed by atoms with Gasteiger partial charge in [0.15, 0.2) is 0 Å². The van der Waals surface area contributed by atoms with Gasteiger partial charge in [-0.3, -0.25) is 0 Å². The van der Waals surface area contributed by atoms with E-state index in [-0.39, 0.29) is 0 Å². The van der Waals surface area contributed by atoms with Crippen molar-refractivity contribution >= 4 is 17.4 Å². The Morgan fingerprint density at radius 1 is 1.50 bits per heavy atom. The molecule has 0 bridgehead atoms. The van der Waals surface area contributed by atoms with E-state index in [1.807, 2.05) is 0 Å². The molecule has 0 amide bonds. The zero-order chi connectivity index (χ0) is 11.5.